The summed E-state index contributed by atoms with van der Waals surface area (Å²) in [7, 11) is 4.83. The van der Waals surface area contributed by atoms with Gasteiger partial charge in [0.1, 0.15) is 18.2 Å². The van der Waals surface area contributed by atoms with Crippen molar-refractivity contribution in [2.75, 3.05) is 40.6 Å². The van der Waals surface area contributed by atoms with Gasteiger partial charge in [-0.25, -0.2) is 4.79 Å². The van der Waals surface area contributed by atoms with Gasteiger partial charge in [-0.05, 0) is 78.2 Å². The molecule has 0 bridgehead atoms. The number of nitrogens with zero attached hydrogens (tertiary/aromatic N) is 4. The molecule has 4 rings (SSSR count). The Morgan fingerprint density at radius 2 is 1.44 bits per heavy atom. The van der Waals surface area contributed by atoms with Gasteiger partial charge >= 0.3 is 6.09 Å². The van der Waals surface area contributed by atoms with Crippen molar-refractivity contribution in [2.45, 2.75) is 188 Å². The molecular weight excluding hydrogens is 1010 g/mol. The molecule has 0 radical (unpaired) electrons. The van der Waals surface area contributed by atoms with Crippen molar-refractivity contribution in [3.63, 3.8) is 0 Å². The van der Waals surface area contributed by atoms with E-state index in [0.29, 0.717) is 50.8 Å². The zero-order chi connectivity index (χ0) is 58.0. The van der Waals surface area contributed by atoms with E-state index in [-0.39, 0.29) is 126 Å². The highest BCUT2D eigenvalue weighted by Crippen LogP contribution is 2.36. The molecule has 2 saturated heterocycles. The van der Waals surface area contributed by atoms with Crippen LogP contribution in [0.2, 0.25) is 0 Å². The van der Waals surface area contributed by atoms with Crippen molar-refractivity contribution in [1.29, 1.82) is 0 Å². The second-order valence-corrected chi connectivity index (χ2v) is 24.0. The lowest BCUT2D eigenvalue weighted by atomic mass is 9.78. The summed E-state index contributed by atoms with van der Waals surface area (Å²) in [6.07, 6.45) is 5.86. The summed E-state index contributed by atoms with van der Waals surface area (Å²) in [5.74, 6) is -2.68. The number of carbonyl (C=O) groups excluding carboxylic acids is 8. The average Bonchev–Trinajstić information content (AvgIpc) is 4.03. The molecule has 78 heavy (non-hydrogen) atoms. The number of likely N-dealkylation sites (N-methyl/N-ethyl adjacent to an activating group) is 2. The van der Waals surface area contributed by atoms with Crippen molar-refractivity contribution >= 4 is 58.8 Å². The molecule has 2 fully saturated rings. The molecule has 0 saturated carbocycles. The third-order valence-electron chi connectivity index (χ3n) is 16.8. The van der Waals surface area contributed by atoms with Crippen molar-refractivity contribution < 1.29 is 52.9 Å². The topological polar surface area (TPSA) is 188 Å². The first kappa shape index (κ1) is 65.6. The van der Waals surface area contributed by atoms with Gasteiger partial charge in [-0.3, -0.25) is 38.5 Å². The van der Waals surface area contributed by atoms with Crippen molar-refractivity contribution in [2.24, 2.45) is 41.4 Å². The molecule has 1 unspecified atom stereocenters. The largest absolute Gasteiger partial charge is 0.445 e. The fraction of sp³-hybridized carbons (Fsp3) is 0.677. The first-order chi connectivity index (χ1) is 37.0. The average molecular weight is 1100 g/mol. The molecule has 2 aromatic carbocycles. The number of Topliss-reactive ketones (excluding diaryl/α,β-unsaturated/α-hetero) is 3. The molecule has 2 aliphatic rings. The Morgan fingerprint density at radius 3 is 2.01 bits per heavy atom. The number of benzene rings is 2. The molecule has 1 N–H and O–H groups in total. The molecule has 5 amide bonds. The molecule has 11 atom stereocenters. The van der Waals surface area contributed by atoms with Crippen LogP contribution in [-0.4, -0.2) is 142 Å². The zero-order valence-electron chi connectivity index (χ0n) is 49.2. The van der Waals surface area contributed by atoms with E-state index < -0.39 is 36.3 Å². The van der Waals surface area contributed by atoms with Gasteiger partial charge in [-0.1, -0.05) is 136 Å². The highest BCUT2D eigenvalue weighted by Gasteiger charge is 2.43. The fourth-order valence-electron chi connectivity index (χ4n) is 11.9. The summed E-state index contributed by atoms with van der Waals surface area (Å²) in [6, 6.07) is 15.1. The number of hydrogen-bond donors (Lipinski definition) is 1. The fourth-order valence-corrected chi connectivity index (χ4v) is 12.5. The molecule has 0 spiro atoms. The predicted molar refractivity (Wildman–Crippen MR) is 306 cm³/mol. The monoisotopic (exact) mass is 1100 g/mol. The Hall–Kier alpha value is -4.93. The number of aliphatic hydroxyl groups excluding tert-OH is 1. The van der Waals surface area contributed by atoms with Gasteiger partial charge in [-0.2, -0.15) is 11.8 Å². The Balaban J connectivity index is 1.34. The number of rotatable bonds is 33. The highest BCUT2D eigenvalue weighted by atomic mass is 32.2. The molecule has 2 aliphatic heterocycles. The summed E-state index contributed by atoms with van der Waals surface area (Å²) in [4.78, 5) is 115. The number of methoxy groups -OCH3 is 1. The van der Waals surface area contributed by atoms with Gasteiger partial charge in [0.25, 0.3) is 0 Å². The Kier molecular flexibility index (Phi) is 26.7. The Bertz CT molecular complexity index is 2290. The van der Waals surface area contributed by atoms with Crippen LogP contribution in [0.4, 0.5) is 4.79 Å². The summed E-state index contributed by atoms with van der Waals surface area (Å²) in [6.45, 7) is 18.4. The van der Waals surface area contributed by atoms with E-state index in [1.807, 2.05) is 109 Å². The van der Waals surface area contributed by atoms with Crippen LogP contribution < -0.4 is 0 Å². The van der Waals surface area contributed by atoms with Crippen LogP contribution in [0, 0.1) is 41.4 Å². The molecule has 0 aromatic heterocycles. The van der Waals surface area contributed by atoms with Crippen LogP contribution in [0.5, 0.6) is 0 Å². The Morgan fingerprint density at radius 1 is 0.782 bits per heavy atom. The number of thioether (sulfide) groups is 1. The minimum atomic E-state index is -0.875. The lowest BCUT2D eigenvalue weighted by molar-refractivity contribution is -0.148. The van der Waals surface area contributed by atoms with E-state index in [2.05, 4.69) is 6.92 Å². The molecule has 2 aromatic rings. The number of amides is 5. The molecule has 15 nitrogen and oxygen atoms in total. The van der Waals surface area contributed by atoms with Crippen molar-refractivity contribution in [3.8, 4) is 0 Å². The van der Waals surface area contributed by atoms with Gasteiger partial charge in [0.05, 0.1) is 36.0 Å². The highest BCUT2D eigenvalue weighted by molar-refractivity contribution is 8.00. The van der Waals surface area contributed by atoms with Crippen LogP contribution in [0.15, 0.2) is 54.6 Å². The van der Waals surface area contributed by atoms with Crippen molar-refractivity contribution in [1.82, 2.24) is 19.6 Å². The lowest BCUT2D eigenvalue weighted by Gasteiger charge is -2.41. The SMILES string of the molecule is CC[C@H]([C@@H](C)C(=O)C[C@H](C)[C@@H](O)c1ccccc1)[C@@H]1CCCN1C(=O)C[C@@H](OC)[C@H]([C@@H](C)CC)N(C)C(=O)[C@@H](CC(=O)[C@H](C(C)C)N(C)C(=O)OCc1ccc(CC(=O)CCCCCN2C(=O)CC(SC)C2=O)cc1)C(C)C. The molecule has 0 aliphatic carbocycles. The standard InChI is InChI=1S/C62H94N4O11S/c1-14-41(7)58(53(76-12)36-55(70)65-32-22-26-50(65)48(15-2)43(9)51(68)33-42(8)59(72)46-23-18-16-19-24-46)63(10)60(73)49(39(3)4)35-52(69)57(40(5)6)64(11)62(75)77-38-45-29-27-44(28-30-45)34-47(67)25-20-17-21-31-66-56(71)37-54(78-13)61(66)74/h16,18-19,23-24,27-30,39-43,48-50,53-54,57-59,72H,14-15,17,20-22,25-26,31-38H2,1-13H3/t41-,42-,43+,48+,49-,50-,53+,54?,57-,58-,59+/m0/s1. The second kappa shape index (κ2) is 31.8. The van der Waals surface area contributed by atoms with Gasteiger partial charge in [0.15, 0.2) is 5.78 Å². The first-order valence-corrected chi connectivity index (χ1v) is 30.0. The summed E-state index contributed by atoms with van der Waals surface area (Å²) in [5, 5.41) is 10.7. The number of likely N-dealkylation sites (tertiary alicyclic amines) is 2. The van der Waals surface area contributed by atoms with Gasteiger partial charge in [0.2, 0.25) is 23.6 Å². The number of hydrogen-bond acceptors (Lipinski definition) is 12. The minimum Gasteiger partial charge on any atom is -0.445 e. The zero-order valence-corrected chi connectivity index (χ0v) is 50.1. The van der Waals surface area contributed by atoms with Crippen LogP contribution in [-0.2, 0) is 56.1 Å². The van der Waals surface area contributed by atoms with Crippen LogP contribution in [0.3, 0.4) is 0 Å². The molecule has 16 heteroatoms. The predicted octanol–water partition coefficient (Wildman–Crippen LogP) is 9.93. The molecular formula is C62H94N4O11S. The normalized spacial score (nSPS) is 19.2. The maximum atomic E-state index is 14.8. The van der Waals surface area contributed by atoms with Crippen LogP contribution in [0.25, 0.3) is 0 Å². The van der Waals surface area contributed by atoms with E-state index in [1.165, 1.54) is 28.6 Å². The van der Waals surface area contributed by atoms with E-state index in [1.54, 1.807) is 31.2 Å². The quantitative estimate of drug-likeness (QED) is 0.0527. The van der Waals surface area contributed by atoms with Gasteiger partial charge in [0, 0.05) is 84.3 Å². The Labute approximate surface area is 470 Å². The van der Waals surface area contributed by atoms with E-state index in [4.69, 9.17) is 9.47 Å². The number of aliphatic hydroxyl groups is 1. The molecule has 434 valence electrons. The maximum absolute atomic E-state index is 14.8. The van der Waals surface area contributed by atoms with Crippen LogP contribution >= 0.6 is 11.8 Å². The van der Waals surface area contributed by atoms with Gasteiger partial charge in [-0.15, -0.1) is 0 Å². The number of ether oxygens (including phenoxy) is 2. The maximum Gasteiger partial charge on any atom is 0.410 e. The minimum absolute atomic E-state index is 0.0345. The van der Waals surface area contributed by atoms with E-state index >= 15 is 0 Å². The first-order valence-electron chi connectivity index (χ1n) is 28.7. The van der Waals surface area contributed by atoms with Crippen LogP contribution in [0.1, 0.15) is 162 Å². The van der Waals surface area contributed by atoms with E-state index in [9.17, 15) is 43.5 Å². The number of ketones is 3. The summed E-state index contributed by atoms with van der Waals surface area (Å²) < 4.78 is 11.8. The third kappa shape index (κ3) is 17.8. The molecule has 2 heterocycles. The smallest absolute Gasteiger partial charge is 0.410 e. The summed E-state index contributed by atoms with van der Waals surface area (Å²) >= 11 is 1.40. The van der Waals surface area contributed by atoms with Gasteiger partial charge < -0.3 is 29.3 Å². The lowest BCUT2D eigenvalue weighted by Crippen LogP contribution is -2.54. The second-order valence-electron chi connectivity index (χ2n) is 23.0. The number of imide groups is 1. The number of carbonyl (C=O) groups is 8. The number of unbranched alkanes of at least 4 members (excludes halogenated alkanes) is 2. The van der Waals surface area contributed by atoms with Crippen molar-refractivity contribution in [3.05, 3.63) is 71.3 Å². The third-order valence-corrected chi connectivity index (χ3v) is 17.8. The summed E-state index contributed by atoms with van der Waals surface area (Å²) in [5.41, 5.74) is 2.32. The van der Waals surface area contributed by atoms with E-state index in [0.717, 1.165) is 30.4 Å².